The number of piperidine rings is 1. The molecule has 3 heterocycles. The van der Waals surface area contributed by atoms with E-state index in [-0.39, 0.29) is 11.9 Å². The summed E-state index contributed by atoms with van der Waals surface area (Å²) in [4.78, 5) is 23.0. The maximum Gasteiger partial charge on any atom is 0.260 e. The highest BCUT2D eigenvalue weighted by Gasteiger charge is 2.29. The van der Waals surface area contributed by atoms with E-state index < -0.39 is 0 Å². The van der Waals surface area contributed by atoms with Gasteiger partial charge in [0.2, 0.25) is 0 Å². The van der Waals surface area contributed by atoms with Crippen LogP contribution in [0, 0.1) is 0 Å². The molecule has 2 N–H and O–H groups in total. The van der Waals surface area contributed by atoms with Crippen molar-refractivity contribution >= 4 is 50.3 Å². The number of benzene rings is 2. The van der Waals surface area contributed by atoms with Crippen LogP contribution in [0.15, 0.2) is 65.9 Å². The maximum atomic E-state index is 12.5. The van der Waals surface area contributed by atoms with E-state index in [0.29, 0.717) is 56.6 Å². The first kappa shape index (κ1) is 23.3. The van der Waals surface area contributed by atoms with Crippen LogP contribution in [0.3, 0.4) is 0 Å². The lowest BCUT2D eigenvalue weighted by Gasteiger charge is -2.32. The third-order valence-electron chi connectivity index (χ3n) is 5.96. The molecule has 10 heteroatoms. The number of rotatable bonds is 5. The molecule has 0 saturated carbocycles. The van der Waals surface area contributed by atoms with Gasteiger partial charge in [0.25, 0.3) is 5.91 Å². The first-order valence-corrected chi connectivity index (χ1v) is 12.2. The average molecular weight is 554 g/mol. The Morgan fingerprint density at radius 2 is 1.80 bits per heavy atom. The molecule has 178 valence electrons. The molecule has 2 aromatic heterocycles. The second-order valence-corrected chi connectivity index (χ2v) is 9.68. The molecular weight excluding hydrogens is 532 g/mol. The minimum absolute atomic E-state index is 0.0439. The van der Waals surface area contributed by atoms with E-state index in [1.54, 1.807) is 17.0 Å². The summed E-state index contributed by atoms with van der Waals surface area (Å²) in [7, 11) is 0. The van der Waals surface area contributed by atoms with Gasteiger partial charge in [-0.2, -0.15) is 5.10 Å². The van der Waals surface area contributed by atoms with E-state index in [1.165, 1.54) is 6.33 Å². The van der Waals surface area contributed by atoms with Crippen LogP contribution >= 0.6 is 27.5 Å². The van der Waals surface area contributed by atoms with Crippen molar-refractivity contribution in [3.05, 3.63) is 70.9 Å². The van der Waals surface area contributed by atoms with Crippen molar-refractivity contribution in [2.75, 3.05) is 18.8 Å². The highest BCUT2D eigenvalue weighted by Crippen LogP contribution is 2.35. The normalized spacial score (nSPS) is 15.8. The van der Waals surface area contributed by atoms with Crippen LogP contribution < -0.4 is 10.5 Å². The molecule has 35 heavy (non-hydrogen) atoms. The van der Waals surface area contributed by atoms with Crippen molar-refractivity contribution < 1.29 is 9.53 Å². The summed E-state index contributed by atoms with van der Waals surface area (Å²) in [5.74, 6) is 1.62. The van der Waals surface area contributed by atoms with Crippen LogP contribution in [0.2, 0.25) is 5.02 Å². The van der Waals surface area contributed by atoms with Crippen molar-refractivity contribution in [1.82, 2.24) is 24.6 Å². The standard InChI is InChI=1S/C25H22BrClN6O2/c1-15(26)25(34)32-12-2-3-18(13-32)33-24-21(23(28)29-14-30-24)22(31-33)16-4-8-19(9-5-16)35-20-10-6-17(27)7-11-20/h4-11,14,18H,1-3,12-13H2,(H2,28,29,30). The first-order valence-electron chi connectivity index (χ1n) is 11.1. The summed E-state index contributed by atoms with van der Waals surface area (Å²) in [6, 6.07) is 14.7. The van der Waals surface area contributed by atoms with E-state index in [1.807, 2.05) is 41.1 Å². The monoisotopic (exact) mass is 552 g/mol. The highest BCUT2D eigenvalue weighted by molar-refractivity contribution is 9.12. The van der Waals surface area contributed by atoms with Crippen molar-refractivity contribution in [2.24, 2.45) is 0 Å². The summed E-state index contributed by atoms with van der Waals surface area (Å²) in [6.45, 7) is 4.91. The summed E-state index contributed by atoms with van der Waals surface area (Å²) < 4.78 is 8.12. The van der Waals surface area contributed by atoms with Gasteiger partial charge in [0.15, 0.2) is 5.65 Å². The number of fused-ring (bicyclic) bond motifs is 1. The summed E-state index contributed by atoms with van der Waals surface area (Å²) >= 11 is 9.15. The number of likely N-dealkylation sites (tertiary alicyclic amines) is 1. The van der Waals surface area contributed by atoms with Crippen LogP contribution in [0.4, 0.5) is 5.82 Å². The van der Waals surface area contributed by atoms with Gasteiger partial charge < -0.3 is 15.4 Å². The van der Waals surface area contributed by atoms with E-state index in [4.69, 9.17) is 27.2 Å². The number of hydrogen-bond acceptors (Lipinski definition) is 6. The Morgan fingerprint density at radius 1 is 1.11 bits per heavy atom. The largest absolute Gasteiger partial charge is 0.457 e. The molecule has 4 aromatic rings. The van der Waals surface area contributed by atoms with Crippen LogP contribution in [0.1, 0.15) is 18.9 Å². The molecule has 8 nitrogen and oxygen atoms in total. The zero-order valence-corrected chi connectivity index (χ0v) is 21.0. The van der Waals surface area contributed by atoms with E-state index >= 15 is 0 Å². The number of aromatic nitrogens is 4. The Hall–Kier alpha value is -3.43. The average Bonchev–Trinajstić information content (AvgIpc) is 3.26. The van der Waals surface area contributed by atoms with Gasteiger partial charge in [-0.05, 0) is 77.3 Å². The molecule has 1 unspecified atom stereocenters. The number of amides is 1. The number of hydrogen-bond donors (Lipinski definition) is 1. The molecule has 1 saturated heterocycles. The second kappa shape index (κ2) is 9.67. The molecule has 1 fully saturated rings. The third-order valence-corrected chi connectivity index (χ3v) is 6.55. The molecule has 1 amide bonds. The van der Waals surface area contributed by atoms with Crippen molar-refractivity contribution in [2.45, 2.75) is 18.9 Å². The highest BCUT2D eigenvalue weighted by atomic mass is 79.9. The zero-order valence-electron chi connectivity index (χ0n) is 18.7. The van der Waals surface area contributed by atoms with Crippen LogP contribution in [-0.4, -0.2) is 43.6 Å². The van der Waals surface area contributed by atoms with Crippen LogP contribution in [-0.2, 0) is 4.79 Å². The molecule has 2 aromatic carbocycles. The quantitative estimate of drug-likeness (QED) is 0.323. The number of ether oxygens (including phenoxy) is 1. The number of carbonyl (C=O) groups excluding carboxylic acids is 1. The SMILES string of the molecule is C=C(Br)C(=O)N1CCCC(n2nc(-c3ccc(Oc4ccc(Cl)cc4)cc3)c3c(N)ncnc32)C1. The molecule has 0 bridgehead atoms. The third kappa shape index (κ3) is 4.74. The molecule has 1 aliphatic rings. The Bertz CT molecular complexity index is 1400. The number of anilines is 1. The van der Waals surface area contributed by atoms with Gasteiger partial charge in [0.05, 0.1) is 15.9 Å². The minimum atomic E-state index is -0.114. The molecule has 0 radical (unpaired) electrons. The fourth-order valence-electron chi connectivity index (χ4n) is 4.28. The molecule has 0 aliphatic carbocycles. The molecule has 1 atom stereocenters. The molecule has 5 rings (SSSR count). The Kier molecular flexibility index (Phi) is 6.44. The zero-order chi connectivity index (χ0) is 24.5. The van der Waals surface area contributed by atoms with Gasteiger partial charge in [-0.15, -0.1) is 0 Å². The Balaban J connectivity index is 1.48. The minimum Gasteiger partial charge on any atom is -0.457 e. The maximum absolute atomic E-state index is 12.5. The van der Waals surface area contributed by atoms with Crippen molar-refractivity contribution in [1.29, 1.82) is 0 Å². The van der Waals surface area contributed by atoms with Crippen molar-refractivity contribution in [3.8, 4) is 22.8 Å². The van der Waals surface area contributed by atoms with Gasteiger partial charge in [0, 0.05) is 23.7 Å². The van der Waals surface area contributed by atoms with Gasteiger partial charge in [0.1, 0.15) is 29.3 Å². The summed E-state index contributed by atoms with van der Waals surface area (Å²) in [5.41, 5.74) is 8.46. The van der Waals surface area contributed by atoms with E-state index in [0.717, 1.165) is 18.4 Å². The topological polar surface area (TPSA) is 99.2 Å². The summed E-state index contributed by atoms with van der Waals surface area (Å²) in [6.07, 6.45) is 3.16. The molecule has 1 aliphatic heterocycles. The van der Waals surface area contributed by atoms with Gasteiger partial charge in [-0.25, -0.2) is 14.6 Å². The van der Waals surface area contributed by atoms with Crippen molar-refractivity contribution in [3.63, 3.8) is 0 Å². The smallest absolute Gasteiger partial charge is 0.260 e. The van der Waals surface area contributed by atoms with Crippen LogP contribution in [0.25, 0.3) is 22.3 Å². The van der Waals surface area contributed by atoms with Gasteiger partial charge in [-0.3, -0.25) is 4.79 Å². The lowest BCUT2D eigenvalue weighted by Crippen LogP contribution is -2.41. The number of carbonyl (C=O) groups is 1. The number of halogens is 2. The number of nitrogen functional groups attached to an aromatic ring is 1. The fourth-order valence-corrected chi connectivity index (χ4v) is 4.66. The second-order valence-electron chi connectivity index (χ2n) is 8.28. The Labute approximate surface area is 215 Å². The molecular formula is C25H22BrClN6O2. The van der Waals surface area contributed by atoms with Crippen LogP contribution in [0.5, 0.6) is 11.5 Å². The van der Waals surface area contributed by atoms with E-state index in [2.05, 4.69) is 32.5 Å². The lowest BCUT2D eigenvalue weighted by molar-refractivity contribution is -0.127. The number of nitrogens with two attached hydrogens (primary N) is 1. The first-order chi connectivity index (χ1) is 16.9. The van der Waals surface area contributed by atoms with E-state index in [9.17, 15) is 4.79 Å². The predicted octanol–water partition coefficient (Wildman–Crippen LogP) is 5.59. The van der Waals surface area contributed by atoms with Gasteiger partial charge >= 0.3 is 0 Å². The fraction of sp³-hybridized carbons (Fsp3) is 0.200. The lowest BCUT2D eigenvalue weighted by atomic mass is 10.1. The Morgan fingerprint density at radius 3 is 2.49 bits per heavy atom. The molecule has 0 spiro atoms. The number of nitrogens with zero attached hydrogens (tertiary/aromatic N) is 5. The predicted molar refractivity (Wildman–Crippen MR) is 140 cm³/mol. The summed E-state index contributed by atoms with van der Waals surface area (Å²) in [5, 5.41) is 6.25. The van der Waals surface area contributed by atoms with Gasteiger partial charge in [-0.1, -0.05) is 18.2 Å².